The zero-order valence-electron chi connectivity index (χ0n) is 23.4. The molecule has 0 aliphatic carbocycles. The molecule has 0 saturated carbocycles. The summed E-state index contributed by atoms with van der Waals surface area (Å²) in [6.07, 6.45) is 1.96. The Hall–Kier alpha value is -5.02. The minimum atomic E-state index is -0.0322. The number of oxazole rings is 1. The highest BCUT2D eigenvalue weighted by atomic mass is 16.3. The van der Waals surface area contributed by atoms with Crippen molar-refractivity contribution in [2.45, 2.75) is 26.2 Å². The van der Waals surface area contributed by atoms with E-state index in [4.69, 9.17) is 14.4 Å². The number of fused-ring (bicyclic) bond motifs is 4. The average Bonchev–Trinajstić information content (AvgIpc) is 3.44. The normalized spacial score (nSPS) is 12.2. The molecular formula is C38H30N2O. The van der Waals surface area contributed by atoms with Crippen molar-refractivity contribution in [3.8, 4) is 22.6 Å². The Morgan fingerprint density at radius 2 is 1.34 bits per heavy atom. The molecule has 1 aromatic heterocycles. The van der Waals surface area contributed by atoms with Crippen LogP contribution in [-0.2, 0) is 5.41 Å². The van der Waals surface area contributed by atoms with Crippen molar-refractivity contribution < 1.29 is 4.42 Å². The van der Waals surface area contributed by atoms with E-state index < -0.39 is 0 Å². The molecule has 0 bridgehead atoms. The van der Waals surface area contributed by atoms with Crippen molar-refractivity contribution in [1.82, 2.24) is 4.98 Å². The van der Waals surface area contributed by atoms with Crippen molar-refractivity contribution in [3.63, 3.8) is 0 Å². The Kier molecular flexibility index (Phi) is 6.01. The van der Waals surface area contributed by atoms with Gasteiger partial charge in [0.25, 0.3) is 0 Å². The van der Waals surface area contributed by atoms with Gasteiger partial charge in [0, 0.05) is 17.3 Å². The van der Waals surface area contributed by atoms with E-state index in [1.54, 1.807) is 0 Å². The van der Waals surface area contributed by atoms with Crippen molar-refractivity contribution >= 4 is 44.5 Å². The smallest absolute Gasteiger partial charge is 0.229 e. The molecule has 0 N–H and O–H groups in total. The van der Waals surface area contributed by atoms with E-state index >= 15 is 0 Å². The van der Waals surface area contributed by atoms with Crippen LogP contribution in [0, 0.1) is 0 Å². The summed E-state index contributed by atoms with van der Waals surface area (Å²) < 4.78 is 6.49. The van der Waals surface area contributed by atoms with Crippen molar-refractivity contribution in [2.75, 3.05) is 0 Å². The first kappa shape index (κ1) is 25.0. The molecule has 1 heterocycles. The second-order valence-corrected chi connectivity index (χ2v) is 11.5. The highest BCUT2D eigenvalue weighted by Gasteiger charge is 2.21. The molecule has 6 aromatic carbocycles. The number of aromatic nitrogens is 1. The quantitative estimate of drug-likeness (QED) is 0.168. The fourth-order valence-electron chi connectivity index (χ4n) is 5.51. The largest absolute Gasteiger partial charge is 0.436 e. The van der Waals surface area contributed by atoms with Gasteiger partial charge in [-0.3, -0.25) is 4.99 Å². The van der Waals surface area contributed by atoms with E-state index in [0.29, 0.717) is 5.89 Å². The molecule has 7 rings (SSSR count). The number of hydrogen-bond acceptors (Lipinski definition) is 3. The highest BCUT2D eigenvalue weighted by Crippen LogP contribution is 2.38. The molecule has 41 heavy (non-hydrogen) atoms. The van der Waals surface area contributed by atoms with Gasteiger partial charge in [-0.15, -0.1) is 0 Å². The summed E-state index contributed by atoms with van der Waals surface area (Å²) >= 11 is 0. The molecule has 0 amide bonds. The molecule has 0 saturated heterocycles. The molecule has 198 valence electrons. The average molecular weight is 531 g/mol. The Morgan fingerprint density at radius 1 is 0.659 bits per heavy atom. The van der Waals surface area contributed by atoms with Gasteiger partial charge in [0.1, 0.15) is 5.52 Å². The van der Waals surface area contributed by atoms with E-state index in [1.807, 2.05) is 36.5 Å². The van der Waals surface area contributed by atoms with Crippen LogP contribution in [0.5, 0.6) is 0 Å². The van der Waals surface area contributed by atoms with Crippen molar-refractivity contribution in [1.29, 1.82) is 0 Å². The minimum Gasteiger partial charge on any atom is -0.436 e. The SMILES string of the molecule is CC(C)(C)c1cc(-c2ccccc2)c2nc(-c3ccccc3N=Cc3cc4ccccc4c4ccccc34)oc2c1. The highest BCUT2D eigenvalue weighted by molar-refractivity contribution is 6.14. The Bertz CT molecular complexity index is 2080. The molecular weight excluding hydrogens is 500 g/mol. The van der Waals surface area contributed by atoms with E-state index in [1.165, 1.54) is 27.1 Å². The molecule has 3 heteroatoms. The van der Waals surface area contributed by atoms with Crippen LogP contribution in [-0.4, -0.2) is 11.2 Å². The maximum atomic E-state index is 6.49. The van der Waals surface area contributed by atoms with E-state index in [2.05, 4.69) is 112 Å². The Balaban J connectivity index is 1.37. The maximum absolute atomic E-state index is 6.49. The molecule has 3 nitrogen and oxygen atoms in total. The lowest BCUT2D eigenvalue weighted by molar-refractivity contribution is 0.584. The maximum Gasteiger partial charge on any atom is 0.229 e. The van der Waals surface area contributed by atoms with Crippen LogP contribution < -0.4 is 0 Å². The van der Waals surface area contributed by atoms with Gasteiger partial charge in [-0.25, -0.2) is 4.98 Å². The van der Waals surface area contributed by atoms with Crippen LogP contribution in [0.4, 0.5) is 5.69 Å². The summed E-state index contributed by atoms with van der Waals surface area (Å²) in [6.45, 7) is 6.67. The summed E-state index contributed by atoms with van der Waals surface area (Å²) in [7, 11) is 0. The molecule has 0 unspecified atom stereocenters. The minimum absolute atomic E-state index is 0.0322. The second kappa shape index (κ2) is 9.87. The zero-order valence-corrected chi connectivity index (χ0v) is 23.4. The zero-order chi connectivity index (χ0) is 28.0. The molecule has 0 aliphatic rings. The van der Waals surface area contributed by atoms with E-state index in [9.17, 15) is 0 Å². The van der Waals surface area contributed by atoms with Crippen LogP contribution in [0.25, 0.3) is 55.2 Å². The first-order valence-electron chi connectivity index (χ1n) is 14.0. The van der Waals surface area contributed by atoms with Crippen LogP contribution >= 0.6 is 0 Å². The molecule has 7 aromatic rings. The molecule has 0 atom stereocenters. The Morgan fingerprint density at radius 3 is 2.15 bits per heavy atom. The first-order valence-corrected chi connectivity index (χ1v) is 14.0. The summed E-state index contributed by atoms with van der Waals surface area (Å²) in [5, 5.41) is 4.85. The van der Waals surface area contributed by atoms with E-state index in [0.717, 1.165) is 39.0 Å². The molecule has 0 fully saturated rings. The predicted molar refractivity (Wildman–Crippen MR) is 172 cm³/mol. The predicted octanol–water partition coefficient (Wildman–Crippen LogP) is 10.5. The van der Waals surface area contributed by atoms with Crippen molar-refractivity contribution in [2.24, 2.45) is 4.99 Å². The van der Waals surface area contributed by atoms with Gasteiger partial charge in [0.2, 0.25) is 5.89 Å². The second-order valence-electron chi connectivity index (χ2n) is 11.5. The molecule has 0 radical (unpaired) electrons. The third kappa shape index (κ3) is 4.60. The number of aliphatic imine (C=N–C) groups is 1. The standard InChI is InChI=1S/C38H30N2O/c1-38(2,3)28-22-33(25-13-5-4-6-14-25)36-35(23-28)41-37(40-36)32-19-11-12-20-34(32)39-24-27-21-26-15-7-8-16-29(26)31-18-10-9-17-30(27)31/h4-24H,1-3H3. The summed E-state index contributed by atoms with van der Waals surface area (Å²) in [4.78, 5) is 10.0. The van der Waals surface area contributed by atoms with Gasteiger partial charge < -0.3 is 4.42 Å². The van der Waals surface area contributed by atoms with Gasteiger partial charge in [0.05, 0.1) is 11.3 Å². The van der Waals surface area contributed by atoms with Gasteiger partial charge >= 0.3 is 0 Å². The number of para-hydroxylation sites is 1. The lowest BCUT2D eigenvalue weighted by Crippen LogP contribution is -2.11. The summed E-state index contributed by atoms with van der Waals surface area (Å²) in [5.41, 5.74) is 7.77. The van der Waals surface area contributed by atoms with Gasteiger partial charge in [-0.1, -0.05) is 112 Å². The summed E-state index contributed by atoms with van der Waals surface area (Å²) in [6, 6.07) is 42.1. The number of benzene rings is 6. The van der Waals surface area contributed by atoms with E-state index in [-0.39, 0.29) is 5.41 Å². The van der Waals surface area contributed by atoms with Gasteiger partial charge in [0.15, 0.2) is 5.58 Å². The third-order valence-corrected chi connectivity index (χ3v) is 7.72. The van der Waals surface area contributed by atoms with Gasteiger partial charge in [-0.05, 0) is 68.4 Å². The first-order chi connectivity index (χ1) is 20.0. The summed E-state index contributed by atoms with van der Waals surface area (Å²) in [5.74, 6) is 0.569. The van der Waals surface area contributed by atoms with Crippen molar-refractivity contribution in [3.05, 3.63) is 132 Å². The molecule has 0 spiro atoms. The lowest BCUT2D eigenvalue weighted by atomic mass is 9.85. The van der Waals surface area contributed by atoms with Crippen LogP contribution in [0.2, 0.25) is 0 Å². The fraction of sp³-hybridized carbons (Fsp3) is 0.105. The topological polar surface area (TPSA) is 38.4 Å². The van der Waals surface area contributed by atoms with Crippen LogP contribution in [0.3, 0.4) is 0 Å². The Labute approximate surface area is 239 Å². The van der Waals surface area contributed by atoms with Crippen LogP contribution in [0.1, 0.15) is 31.9 Å². The number of hydrogen-bond donors (Lipinski definition) is 0. The monoisotopic (exact) mass is 530 g/mol. The van der Waals surface area contributed by atoms with Gasteiger partial charge in [-0.2, -0.15) is 0 Å². The third-order valence-electron chi connectivity index (χ3n) is 7.72. The molecule has 0 aliphatic heterocycles. The lowest BCUT2D eigenvalue weighted by Gasteiger charge is -2.20. The fourth-order valence-corrected chi connectivity index (χ4v) is 5.51. The van der Waals surface area contributed by atoms with Crippen LogP contribution in [0.15, 0.2) is 131 Å². The number of nitrogens with zero attached hydrogens (tertiary/aromatic N) is 2. The number of rotatable bonds is 4.